The van der Waals surface area contributed by atoms with Crippen molar-refractivity contribution in [1.29, 1.82) is 0 Å². The summed E-state index contributed by atoms with van der Waals surface area (Å²) in [5.74, 6) is 1.36. The lowest BCUT2D eigenvalue weighted by Crippen LogP contribution is -2.38. The molecule has 0 saturated carbocycles. The number of hydrogen-bond acceptors (Lipinski definition) is 7. The van der Waals surface area contributed by atoms with Gasteiger partial charge in [-0.3, -0.25) is 14.7 Å². The first-order valence-corrected chi connectivity index (χ1v) is 14.5. The number of aryl methyl sites for hydroxylation is 2. The summed E-state index contributed by atoms with van der Waals surface area (Å²) in [4.78, 5) is 32.9. The summed E-state index contributed by atoms with van der Waals surface area (Å²) in [5, 5.41) is 3.30. The Morgan fingerprint density at radius 2 is 1.91 bits per heavy atom. The van der Waals surface area contributed by atoms with Crippen LogP contribution in [0.5, 0.6) is 5.88 Å². The number of benzene rings is 2. The smallest absolute Gasteiger partial charge is 0.257 e. The second-order valence-electron chi connectivity index (χ2n) is 10.7. The topological polar surface area (TPSA) is 98.1 Å². The van der Waals surface area contributed by atoms with Crippen molar-refractivity contribution >= 4 is 34.2 Å². The number of rotatable bonds is 8. The van der Waals surface area contributed by atoms with Gasteiger partial charge in [-0.25, -0.2) is 14.4 Å². The molecule has 0 spiro atoms. The zero-order chi connectivity index (χ0) is 29.9. The van der Waals surface area contributed by atoms with Crippen molar-refractivity contribution in [2.45, 2.75) is 38.8 Å². The van der Waals surface area contributed by atoms with Crippen LogP contribution in [-0.4, -0.2) is 54.5 Å². The zero-order valence-corrected chi connectivity index (χ0v) is 24.7. The van der Waals surface area contributed by atoms with Gasteiger partial charge in [0.2, 0.25) is 5.88 Å². The third-order valence-corrected chi connectivity index (χ3v) is 7.87. The molecule has 0 aliphatic carbocycles. The molecular weight excluding hydrogens is 569 g/mol. The van der Waals surface area contributed by atoms with Crippen LogP contribution >= 0.6 is 11.6 Å². The molecule has 0 radical (unpaired) electrons. The van der Waals surface area contributed by atoms with E-state index in [9.17, 15) is 9.18 Å². The Labute approximate surface area is 253 Å². The molecule has 1 aliphatic heterocycles. The van der Waals surface area contributed by atoms with Crippen molar-refractivity contribution in [2.75, 3.05) is 18.4 Å². The normalized spacial score (nSPS) is 14.2. The van der Waals surface area contributed by atoms with Gasteiger partial charge >= 0.3 is 0 Å². The summed E-state index contributed by atoms with van der Waals surface area (Å²) >= 11 is 5.86. The predicted octanol–water partition coefficient (Wildman–Crippen LogP) is 5.75. The molecule has 3 aromatic heterocycles. The maximum atomic E-state index is 14.2. The minimum absolute atomic E-state index is 0.0293. The fourth-order valence-electron chi connectivity index (χ4n) is 5.20. The van der Waals surface area contributed by atoms with Crippen molar-refractivity contribution in [1.82, 2.24) is 29.4 Å². The average Bonchev–Trinajstić information content (AvgIpc) is 3.30. The molecule has 0 atom stereocenters. The van der Waals surface area contributed by atoms with Crippen molar-refractivity contribution < 1.29 is 13.9 Å². The number of piperidine rings is 1. The maximum absolute atomic E-state index is 14.2. The molecule has 9 nitrogen and oxygen atoms in total. The third kappa shape index (κ3) is 6.81. The lowest BCUT2D eigenvalue weighted by atomic mass is 10.1. The molecule has 1 amide bonds. The number of ether oxygens (including phenoxy) is 1. The first-order valence-electron chi connectivity index (χ1n) is 14.1. The van der Waals surface area contributed by atoms with Crippen LogP contribution < -0.4 is 10.1 Å². The molecule has 6 rings (SSSR count). The molecule has 11 heteroatoms. The number of halogens is 2. The van der Waals surface area contributed by atoms with E-state index in [0.29, 0.717) is 40.1 Å². The van der Waals surface area contributed by atoms with Gasteiger partial charge in [-0.15, -0.1) is 0 Å². The van der Waals surface area contributed by atoms with Gasteiger partial charge in [0.05, 0.1) is 23.1 Å². The standard InChI is InChI=1S/C32H31ClFN7O2/c1-20-3-4-22(18-36-20)32(42)37-24-7-8-28-27(17-24)38-30(40(28)2)19-41-13-10-25(11-14-41)43-31-9-12-35-29(39-31)15-21-5-6-23(33)16-26(21)34/h3-9,12,16-18,25H,10-11,13-15,19H2,1-2H3,(H,37,42). The molecular formula is C32H31ClFN7O2. The average molecular weight is 600 g/mol. The highest BCUT2D eigenvalue weighted by atomic mass is 35.5. The Kier molecular flexibility index (Phi) is 8.31. The zero-order valence-electron chi connectivity index (χ0n) is 23.9. The van der Waals surface area contributed by atoms with E-state index in [1.54, 1.807) is 36.7 Å². The Bertz CT molecular complexity index is 1770. The van der Waals surface area contributed by atoms with Crippen LogP contribution in [0.3, 0.4) is 0 Å². The second-order valence-corrected chi connectivity index (χ2v) is 11.2. The van der Waals surface area contributed by atoms with Crippen LogP contribution in [0.2, 0.25) is 5.02 Å². The molecule has 5 aromatic rings. The van der Waals surface area contributed by atoms with Crippen LogP contribution in [-0.2, 0) is 20.0 Å². The van der Waals surface area contributed by atoms with Crippen LogP contribution in [0.4, 0.5) is 10.1 Å². The molecule has 43 heavy (non-hydrogen) atoms. The molecule has 4 heterocycles. The number of likely N-dealkylation sites (tertiary alicyclic amines) is 1. The lowest BCUT2D eigenvalue weighted by molar-refractivity contribution is 0.0912. The molecule has 1 saturated heterocycles. The van der Waals surface area contributed by atoms with E-state index in [-0.39, 0.29) is 24.2 Å². The van der Waals surface area contributed by atoms with Crippen molar-refractivity contribution in [3.63, 3.8) is 0 Å². The minimum Gasteiger partial charge on any atom is -0.474 e. The number of aromatic nitrogens is 5. The monoisotopic (exact) mass is 599 g/mol. The van der Waals surface area contributed by atoms with Gasteiger partial charge < -0.3 is 14.6 Å². The number of anilines is 1. The van der Waals surface area contributed by atoms with Gasteiger partial charge in [-0.2, -0.15) is 4.98 Å². The fourth-order valence-corrected chi connectivity index (χ4v) is 5.36. The molecule has 0 bridgehead atoms. The number of nitrogens with one attached hydrogen (secondary N) is 1. The highest BCUT2D eigenvalue weighted by Gasteiger charge is 2.23. The molecule has 0 unspecified atom stereocenters. The van der Waals surface area contributed by atoms with Gasteiger partial charge in [0, 0.05) is 61.4 Å². The van der Waals surface area contributed by atoms with Crippen LogP contribution in [0.15, 0.2) is 67.0 Å². The van der Waals surface area contributed by atoms with Crippen LogP contribution in [0.1, 0.15) is 46.1 Å². The highest BCUT2D eigenvalue weighted by molar-refractivity contribution is 6.30. The highest BCUT2D eigenvalue weighted by Crippen LogP contribution is 2.24. The summed E-state index contributed by atoms with van der Waals surface area (Å²) in [6.45, 7) is 4.30. The molecule has 1 aliphatic rings. The Morgan fingerprint density at radius 1 is 1.07 bits per heavy atom. The number of carbonyl (C=O) groups excluding carboxylic acids is 1. The number of amides is 1. The maximum Gasteiger partial charge on any atom is 0.257 e. The van der Waals surface area contributed by atoms with E-state index >= 15 is 0 Å². The third-order valence-electron chi connectivity index (χ3n) is 7.64. The summed E-state index contributed by atoms with van der Waals surface area (Å²) in [5.41, 5.74) is 4.37. The number of imidazole rings is 1. The number of fused-ring (bicyclic) bond motifs is 1. The van der Waals surface area contributed by atoms with E-state index in [4.69, 9.17) is 21.3 Å². The van der Waals surface area contributed by atoms with E-state index < -0.39 is 0 Å². The first-order chi connectivity index (χ1) is 20.8. The number of carbonyl (C=O) groups is 1. The van der Waals surface area contributed by atoms with Crippen LogP contribution in [0, 0.1) is 12.7 Å². The fraction of sp³-hybridized carbons (Fsp3) is 0.281. The lowest BCUT2D eigenvalue weighted by Gasteiger charge is -2.31. The van der Waals surface area contributed by atoms with E-state index in [0.717, 1.165) is 48.5 Å². The predicted molar refractivity (Wildman–Crippen MR) is 163 cm³/mol. The van der Waals surface area contributed by atoms with Gasteiger partial charge in [0.15, 0.2) is 0 Å². The quantitative estimate of drug-likeness (QED) is 0.243. The SMILES string of the molecule is Cc1ccc(C(=O)Nc2ccc3c(c2)nc(CN2CCC(Oc4ccnc(Cc5ccc(Cl)cc5F)n4)CC2)n3C)cn1. The molecule has 1 fully saturated rings. The Morgan fingerprint density at radius 3 is 2.67 bits per heavy atom. The molecule has 220 valence electrons. The number of nitrogens with zero attached hydrogens (tertiary/aromatic N) is 6. The Hall–Kier alpha value is -4.41. The second kappa shape index (κ2) is 12.4. The van der Waals surface area contributed by atoms with Crippen molar-refractivity contribution in [2.24, 2.45) is 7.05 Å². The largest absolute Gasteiger partial charge is 0.474 e. The summed E-state index contributed by atoms with van der Waals surface area (Å²) < 4.78 is 22.5. The van der Waals surface area contributed by atoms with Gasteiger partial charge in [-0.05, 0) is 67.8 Å². The van der Waals surface area contributed by atoms with Crippen LogP contribution in [0.25, 0.3) is 11.0 Å². The van der Waals surface area contributed by atoms with E-state index in [1.807, 2.05) is 38.2 Å². The summed E-state index contributed by atoms with van der Waals surface area (Å²) in [6.07, 6.45) is 5.20. The molecule has 1 N–H and O–H groups in total. The number of hydrogen-bond donors (Lipinski definition) is 1. The van der Waals surface area contributed by atoms with Gasteiger partial charge in [0.25, 0.3) is 5.91 Å². The summed E-state index contributed by atoms with van der Waals surface area (Å²) in [7, 11) is 2.01. The van der Waals surface area contributed by atoms with Crippen molar-refractivity contribution in [3.05, 3.63) is 106 Å². The first kappa shape index (κ1) is 28.7. The Balaban J connectivity index is 1.04. The van der Waals surface area contributed by atoms with Gasteiger partial charge in [0.1, 0.15) is 23.6 Å². The molecule has 2 aromatic carbocycles. The van der Waals surface area contributed by atoms with Gasteiger partial charge in [-0.1, -0.05) is 17.7 Å². The van der Waals surface area contributed by atoms with E-state index in [2.05, 4.69) is 29.7 Å². The van der Waals surface area contributed by atoms with E-state index in [1.165, 1.54) is 6.07 Å². The number of pyridine rings is 1. The minimum atomic E-state index is -0.376. The van der Waals surface area contributed by atoms with Crippen molar-refractivity contribution in [3.8, 4) is 5.88 Å². The summed E-state index contributed by atoms with van der Waals surface area (Å²) in [6, 6.07) is 15.7.